The lowest BCUT2D eigenvalue weighted by molar-refractivity contribution is -0.137. The molecule has 0 aliphatic carbocycles. The fourth-order valence-corrected chi connectivity index (χ4v) is 2.07. The molecule has 1 unspecified atom stereocenters. The van der Waals surface area contributed by atoms with Crippen LogP contribution >= 0.6 is 11.8 Å². The SMILES string of the molecule is CC(N)CSCc1ccc(C(F)(F)F)cc1. The molecule has 0 aromatic heterocycles. The molecule has 2 N–H and O–H groups in total. The van der Waals surface area contributed by atoms with Crippen molar-refractivity contribution in [2.45, 2.75) is 24.9 Å². The molecule has 0 heterocycles. The molecule has 0 aliphatic heterocycles. The maximum Gasteiger partial charge on any atom is 0.416 e. The molecule has 5 heteroatoms. The third kappa shape index (κ3) is 4.45. The highest BCUT2D eigenvalue weighted by molar-refractivity contribution is 7.98. The van der Waals surface area contributed by atoms with Crippen molar-refractivity contribution in [1.29, 1.82) is 0 Å². The lowest BCUT2D eigenvalue weighted by Gasteiger charge is -2.08. The minimum atomic E-state index is -4.25. The average Bonchev–Trinajstić information content (AvgIpc) is 2.16. The van der Waals surface area contributed by atoms with Crippen molar-refractivity contribution in [3.05, 3.63) is 35.4 Å². The maximum absolute atomic E-state index is 12.3. The lowest BCUT2D eigenvalue weighted by atomic mass is 10.1. The van der Waals surface area contributed by atoms with Crippen molar-refractivity contribution < 1.29 is 13.2 Å². The monoisotopic (exact) mass is 249 g/mol. The van der Waals surface area contributed by atoms with Gasteiger partial charge in [-0.25, -0.2) is 0 Å². The Kier molecular flexibility index (Phi) is 4.68. The van der Waals surface area contributed by atoms with Gasteiger partial charge in [-0.15, -0.1) is 0 Å². The summed E-state index contributed by atoms with van der Waals surface area (Å²) >= 11 is 1.62. The Hall–Kier alpha value is -0.680. The van der Waals surface area contributed by atoms with Crippen LogP contribution in [-0.2, 0) is 11.9 Å². The van der Waals surface area contributed by atoms with Crippen molar-refractivity contribution in [2.24, 2.45) is 5.73 Å². The van der Waals surface area contributed by atoms with E-state index in [4.69, 9.17) is 5.73 Å². The van der Waals surface area contributed by atoms with Gasteiger partial charge in [0.05, 0.1) is 5.56 Å². The number of benzene rings is 1. The predicted octanol–water partition coefficient (Wildman–Crippen LogP) is 3.29. The van der Waals surface area contributed by atoms with Crippen molar-refractivity contribution in [1.82, 2.24) is 0 Å². The summed E-state index contributed by atoms with van der Waals surface area (Å²) in [7, 11) is 0. The van der Waals surface area contributed by atoms with Gasteiger partial charge in [-0.05, 0) is 24.6 Å². The van der Waals surface area contributed by atoms with Crippen LogP contribution < -0.4 is 5.73 Å². The van der Waals surface area contributed by atoms with Gasteiger partial charge < -0.3 is 5.73 Å². The van der Waals surface area contributed by atoms with Crippen molar-refractivity contribution in [3.8, 4) is 0 Å². The highest BCUT2D eigenvalue weighted by Gasteiger charge is 2.29. The second-order valence-electron chi connectivity index (χ2n) is 3.69. The molecule has 1 nitrogen and oxygen atoms in total. The van der Waals surface area contributed by atoms with E-state index in [9.17, 15) is 13.2 Å². The molecular weight excluding hydrogens is 235 g/mol. The van der Waals surface area contributed by atoms with Crippen molar-refractivity contribution >= 4 is 11.8 Å². The molecule has 1 rings (SSSR count). The summed E-state index contributed by atoms with van der Waals surface area (Å²) in [5.41, 5.74) is 5.85. The summed E-state index contributed by atoms with van der Waals surface area (Å²) in [5, 5.41) is 0. The van der Waals surface area contributed by atoms with Gasteiger partial charge in [0.1, 0.15) is 0 Å². The highest BCUT2D eigenvalue weighted by Crippen LogP contribution is 2.29. The van der Waals surface area contributed by atoms with E-state index in [1.165, 1.54) is 12.1 Å². The fraction of sp³-hybridized carbons (Fsp3) is 0.455. The van der Waals surface area contributed by atoms with Gasteiger partial charge in [0.25, 0.3) is 0 Å². The Morgan fingerprint density at radius 3 is 2.25 bits per heavy atom. The molecule has 1 aromatic rings. The van der Waals surface area contributed by atoms with Gasteiger partial charge in [0, 0.05) is 17.5 Å². The molecule has 16 heavy (non-hydrogen) atoms. The molecule has 0 spiro atoms. The van der Waals surface area contributed by atoms with Crippen LogP contribution in [-0.4, -0.2) is 11.8 Å². The quantitative estimate of drug-likeness (QED) is 0.886. The van der Waals surface area contributed by atoms with E-state index >= 15 is 0 Å². The number of halogens is 3. The Morgan fingerprint density at radius 2 is 1.81 bits per heavy atom. The van der Waals surface area contributed by atoms with Crippen LogP contribution in [0.2, 0.25) is 0 Å². The van der Waals surface area contributed by atoms with Crippen LogP contribution in [0.5, 0.6) is 0 Å². The Balaban J connectivity index is 2.52. The van der Waals surface area contributed by atoms with Crippen LogP contribution in [0.3, 0.4) is 0 Å². The fourth-order valence-electron chi connectivity index (χ4n) is 1.15. The molecule has 90 valence electrons. The summed E-state index contributed by atoms with van der Waals surface area (Å²) in [6.45, 7) is 1.90. The van der Waals surface area contributed by atoms with Gasteiger partial charge >= 0.3 is 6.18 Å². The number of hydrogen-bond acceptors (Lipinski definition) is 2. The van der Waals surface area contributed by atoms with Gasteiger partial charge in [-0.2, -0.15) is 24.9 Å². The summed E-state index contributed by atoms with van der Waals surface area (Å²) in [5.74, 6) is 1.50. The molecule has 0 fully saturated rings. The largest absolute Gasteiger partial charge is 0.416 e. The normalized spacial score (nSPS) is 13.8. The summed E-state index contributed by atoms with van der Waals surface area (Å²) < 4.78 is 36.8. The van der Waals surface area contributed by atoms with E-state index in [-0.39, 0.29) is 6.04 Å². The van der Waals surface area contributed by atoms with Crippen molar-refractivity contribution in [3.63, 3.8) is 0 Å². The second kappa shape index (κ2) is 5.59. The molecule has 0 bridgehead atoms. The standard InChI is InChI=1S/C11H14F3NS/c1-8(15)6-16-7-9-2-4-10(5-3-9)11(12,13)14/h2-5,8H,6-7,15H2,1H3. The zero-order valence-corrected chi connectivity index (χ0v) is 9.74. The molecule has 0 aliphatic rings. The van der Waals surface area contributed by atoms with Crippen LogP contribution in [0, 0.1) is 0 Å². The first-order valence-corrected chi connectivity index (χ1v) is 6.04. The third-order valence-corrected chi connectivity index (χ3v) is 3.23. The smallest absolute Gasteiger partial charge is 0.327 e. The molecule has 1 aromatic carbocycles. The topological polar surface area (TPSA) is 26.0 Å². The van der Waals surface area contributed by atoms with E-state index in [0.717, 1.165) is 23.4 Å². The summed E-state index contributed by atoms with van der Waals surface area (Å²) in [4.78, 5) is 0. The van der Waals surface area contributed by atoms with Crippen LogP contribution in [0.25, 0.3) is 0 Å². The van der Waals surface area contributed by atoms with Gasteiger partial charge in [0.2, 0.25) is 0 Å². The Labute approximate surface area is 97.2 Å². The molecule has 0 saturated carbocycles. The zero-order valence-electron chi connectivity index (χ0n) is 8.92. The van der Waals surface area contributed by atoms with E-state index in [1.54, 1.807) is 11.8 Å². The first kappa shape index (κ1) is 13.4. The van der Waals surface area contributed by atoms with Gasteiger partial charge in [0.15, 0.2) is 0 Å². The Bertz CT molecular complexity index is 319. The number of thioether (sulfide) groups is 1. The highest BCUT2D eigenvalue weighted by atomic mass is 32.2. The molecule has 0 radical (unpaired) electrons. The van der Waals surface area contributed by atoms with Crippen LogP contribution in [0.4, 0.5) is 13.2 Å². The first-order chi connectivity index (χ1) is 7.39. The van der Waals surface area contributed by atoms with Gasteiger partial charge in [-0.3, -0.25) is 0 Å². The molecule has 0 amide bonds. The number of nitrogens with two attached hydrogens (primary N) is 1. The molecule has 1 atom stereocenters. The lowest BCUT2D eigenvalue weighted by Crippen LogP contribution is -2.17. The van der Waals surface area contributed by atoms with Crippen LogP contribution in [0.1, 0.15) is 18.1 Å². The number of alkyl halides is 3. The molecular formula is C11H14F3NS. The van der Waals surface area contributed by atoms with E-state index in [2.05, 4.69) is 0 Å². The minimum Gasteiger partial charge on any atom is -0.327 e. The first-order valence-electron chi connectivity index (χ1n) is 4.89. The van der Waals surface area contributed by atoms with E-state index < -0.39 is 11.7 Å². The number of rotatable bonds is 4. The van der Waals surface area contributed by atoms with Crippen molar-refractivity contribution in [2.75, 3.05) is 5.75 Å². The molecule has 0 saturated heterocycles. The summed E-state index contributed by atoms with van der Waals surface area (Å²) in [6, 6.07) is 5.36. The maximum atomic E-state index is 12.3. The summed E-state index contributed by atoms with van der Waals surface area (Å²) in [6.07, 6.45) is -4.25. The second-order valence-corrected chi connectivity index (χ2v) is 4.72. The average molecular weight is 249 g/mol. The predicted molar refractivity (Wildman–Crippen MR) is 61.3 cm³/mol. The van der Waals surface area contributed by atoms with Crippen LogP contribution in [0.15, 0.2) is 24.3 Å². The van der Waals surface area contributed by atoms with E-state index in [1.807, 2.05) is 6.92 Å². The zero-order chi connectivity index (χ0) is 12.2. The van der Waals surface area contributed by atoms with Gasteiger partial charge in [-0.1, -0.05) is 12.1 Å². The Morgan fingerprint density at radius 1 is 1.25 bits per heavy atom. The third-order valence-electron chi connectivity index (χ3n) is 1.93. The number of hydrogen-bond donors (Lipinski definition) is 1. The van der Waals surface area contributed by atoms with E-state index in [0.29, 0.717) is 5.75 Å². The minimum absolute atomic E-state index is 0.111.